The maximum Gasteiger partial charge on any atom is 0.306 e. The van der Waals surface area contributed by atoms with Crippen LogP contribution in [0.1, 0.15) is 114 Å². The number of nitrogens with one attached hydrogen (secondary N) is 1. The number of carbonyl (C=O) groups is 4. The van der Waals surface area contributed by atoms with Crippen LogP contribution in [0, 0.1) is 24.2 Å². The highest BCUT2D eigenvalue weighted by Crippen LogP contribution is 2.58. The number of halogens is 1. The minimum Gasteiger partial charge on any atom is -0.483 e. The molecular formula is C41H50ClN3O8S. The summed E-state index contributed by atoms with van der Waals surface area (Å²) < 4.78 is 40.4. The Kier molecular flexibility index (Phi) is 9.63. The van der Waals surface area contributed by atoms with Gasteiger partial charge < -0.3 is 14.4 Å². The molecule has 1 aromatic carbocycles. The minimum absolute atomic E-state index is 0.0635. The molecule has 3 aliphatic carbocycles. The maximum atomic E-state index is 14.8. The molecule has 0 bridgehead atoms. The molecule has 13 heteroatoms. The van der Waals surface area contributed by atoms with Crippen LogP contribution in [0.15, 0.2) is 30.4 Å². The molecule has 1 saturated heterocycles. The zero-order valence-electron chi connectivity index (χ0n) is 31.2. The number of carbonyl (C=O) groups excluding carboxylic acids is 4. The van der Waals surface area contributed by atoms with E-state index in [0.717, 1.165) is 61.4 Å². The zero-order valence-corrected chi connectivity index (χ0v) is 32.7. The summed E-state index contributed by atoms with van der Waals surface area (Å²) in [6, 6.07) is 4.68. The van der Waals surface area contributed by atoms with Gasteiger partial charge in [-0.1, -0.05) is 42.7 Å². The fourth-order valence-electron chi connectivity index (χ4n) is 9.06. The van der Waals surface area contributed by atoms with Gasteiger partial charge in [0, 0.05) is 34.7 Å². The van der Waals surface area contributed by atoms with Crippen molar-refractivity contribution in [3.05, 3.63) is 46.6 Å². The number of amides is 2. The second-order valence-electron chi connectivity index (χ2n) is 17.1. The number of pyridine rings is 1. The van der Waals surface area contributed by atoms with Crippen LogP contribution >= 0.6 is 11.6 Å². The quantitative estimate of drug-likeness (QED) is 0.258. The Morgan fingerprint density at radius 1 is 1.07 bits per heavy atom. The number of fused-ring (bicyclic) bond motifs is 5. The fraction of sp³-hybridized carbons (Fsp3) is 0.634. The van der Waals surface area contributed by atoms with Crippen LogP contribution in [0.5, 0.6) is 5.75 Å². The predicted molar refractivity (Wildman–Crippen MR) is 202 cm³/mol. The second kappa shape index (κ2) is 13.9. The Balaban J connectivity index is 1.12. The van der Waals surface area contributed by atoms with Crippen LogP contribution < -0.4 is 9.46 Å². The highest BCUT2D eigenvalue weighted by molar-refractivity contribution is 7.91. The summed E-state index contributed by atoms with van der Waals surface area (Å²) >= 11 is 6.29. The largest absolute Gasteiger partial charge is 0.483 e. The lowest BCUT2D eigenvalue weighted by Gasteiger charge is -2.36. The lowest BCUT2D eigenvalue weighted by molar-refractivity contribution is -0.157. The van der Waals surface area contributed by atoms with Crippen LogP contribution in [-0.2, 0) is 40.4 Å². The molecule has 8 rings (SSSR count). The van der Waals surface area contributed by atoms with E-state index in [1.54, 1.807) is 11.8 Å². The van der Waals surface area contributed by atoms with Gasteiger partial charge in [-0.2, -0.15) is 0 Å². The van der Waals surface area contributed by atoms with Crippen molar-refractivity contribution >= 4 is 56.1 Å². The van der Waals surface area contributed by atoms with Crippen LogP contribution in [-0.4, -0.2) is 70.9 Å². The molecule has 2 aromatic rings. The molecule has 4 fully saturated rings. The van der Waals surface area contributed by atoms with E-state index >= 15 is 0 Å². The van der Waals surface area contributed by atoms with Crippen molar-refractivity contribution in [3.63, 3.8) is 0 Å². The van der Waals surface area contributed by atoms with Crippen molar-refractivity contribution < 1.29 is 37.1 Å². The summed E-state index contributed by atoms with van der Waals surface area (Å²) in [5, 5.41) is 1.53. The summed E-state index contributed by atoms with van der Waals surface area (Å²) in [5.74, 6) is -1.96. The number of ether oxygens (including phenoxy) is 2. The van der Waals surface area contributed by atoms with Gasteiger partial charge in [-0.05, 0) is 103 Å². The van der Waals surface area contributed by atoms with E-state index in [9.17, 15) is 27.6 Å². The van der Waals surface area contributed by atoms with Gasteiger partial charge in [-0.15, -0.1) is 0 Å². The Morgan fingerprint density at radius 2 is 1.87 bits per heavy atom. The normalized spacial score (nSPS) is 31.5. The molecular weight excluding hydrogens is 730 g/mol. The molecule has 11 nitrogen and oxygen atoms in total. The average Bonchev–Trinajstić information content (AvgIpc) is 4.00. The number of hydrogen-bond donors (Lipinski definition) is 1. The van der Waals surface area contributed by atoms with Crippen LogP contribution in [0.4, 0.5) is 0 Å². The minimum atomic E-state index is -3.93. The number of ketones is 1. The van der Waals surface area contributed by atoms with Gasteiger partial charge >= 0.3 is 5.97 Å². The second-order valence-corrected chi connectivity index (χ2v) is 19.8. The standard InChI is InChI=1S/C41H50ClN3O8S/c1-25-36-31(30-14-13-28(42)20-32(30)43-25)15-16-40(53-36)22-33-34(46)23-41(38(49)44-54(50,51)39(2)17-18-39)21-27(41)10-7-5-3-4-6-9-26(37(48)45(33)24-40)19-35(47)52-29-11-8-12-29/h7,10,13-14,20,26-27,29,33H,3-6,8-9,11-12,15-19,21-24H2,1-2H3,(H,44,49)/b10-7-/t26-,27-,33+,40-,41-/m1/s1. The molecule has 4 heterocycles. The van der Waals surface area contributed by atoms with Crippen molar-refractivity contribution in [2.24, 2.45) is 17.3 Å². The van der Waals surface area contributed by atoms with Gasteiger partial charge in [0.05, 0.1) is 40.4 Å². The number of nitrogens with zero attached hydrogens (tertiary/aromatic N) is 2. The summed E-state index contributed by atoms with van der Waals surface area (Å²) in [7, 11) is -3.93. The van der Waals surface area contributed by atoms with E-state index in [-0.39, 0.29) is 49.5 Å². The van der Waals surface area contributed by atoms with Gasteiger partial charge in [0.25, 0.3) is 0 Å². The first-order valence-electron chi connectivity index (χ1n) is 19.8. The van der Waals surface area contributed by atoms with E-state index in [1.807, 2.05) is 37.3 Å². The van der Waals surface area contributed by atoms with Gasteiger partial charge in [0.2, 0.25) is 21.8 Å². The first-order chi connectivity index (χ1) is 25.7. The first-order valence-corrected chi connectivity index (χ1v) is 21.6. The zero-order chi connectivity index (χ0) is 38.0. The molecule has 0 radical (unpaired) electrons. The number of benzene rings is 1. The molecule has 0 unspecified atom stereocenters. The molecule has 3 aliphatic heterocycles. The van der Waals surface area contributed by atoms with E-state index in [0.29, 0.717) is 55.0 Å². The Morgan fingerprint density at radius 3 is 2.61 bits per heavy atom. The topological polar surface area (TPSA) is 149 Å². The molecule has 2 amide bonds. The number of hydrogen-bond acceptors (Lipinski definition) is 9. The van der Waals surface area contributed by atoms with Crippen LogP contribution in [0.2, 0.25) is 5.02 Å². The van der Waals surface area contributed by atoms with Crippen molar-refractivity contribution in [1.82, 2.24) is 14.6 Å². The fourth-order valence-corrected chi connectivity index (χ4v) is 10.6. The smallest absolute Gasteiger partial charge is 0.306 e. The summed E-state index contributed by atoms with van der Waals surface area (Å²) in [5.41, 5.74) is 0.330. The third kappa shape index (κ3) is 6.94. The summed E-state index contributed by atoms with van der Waals surface area (Å²) in [6.45, 7) is 3.65. The number of aryl methyl sites for hydroxylation is 2. The van der Waals surface area contributed by atoms with Crippen molar-refractivity contribution in [2.75, 3.05) is 6.54 Å². The van der Waals surface area contributed by atoms with E-state index in [1.165, 1.54) is 0 Å². The molecule has 5 atom stereocenters. The molecule has 1 aromatic heterocycles. The number of sulfonamides is 1. The predicted octanol–water partition coefficient (Wildman–Crippen LogP) is 6.45. The maximum absolute atomic E-state index is 14.8. The van der Waals surface area contributed by atoms with Gasteiger partial charge in [0.1, 0.15) is 17.5 Å². The lowest BCUT2D eigenvalue weighted by atomic mass is 9.85. The Labute approximate surface area is 322 Å². The molecule has 3 saturated carbocycles. The Hall–Kier alpha value is -3.51. The van der Waals surface area contributed by atoms with E-state index < -0.39 is 49.6 Å². The van der Waals surface area contributed by atoms with Crippen LogP contribution in [0.25, 0.3) is 10.9 Å². The molecule has 1 spiro atoms. The third-order valence-electron chi connectivity index (χ3n) is 13.2. The highest BCUT2D eigenvalue weighted by Gasteiger charge is 2.63. The molecule has 54 heavy (non-hydrogen) atoms. The first kappa shape index (κ1) is 37.4. The summed E-state index contributed by atoms with van der Waals surface area (Å²) in [4.78, 5) is 63.1. The molecule has 1 N–H and O–H groups in total. The molecule has 6 aliphatic rings. The number of esters is 1. The number of Topliss-reactive ketones (excluding diaryl/α,β-unsaturated/α-hetero) is 1. The Bertz CT molecular complexity index is 2040. The van der Waals surface area contributed by atoms with Crippen molar-refractivity contribution in [1.29, 1.82) is 0 Å². The van der Waals surface area contributed by atoms with Crippen molar-refractivity contribution in [3.8, 4) is 5.75 Å². The van der Waals surface area contributed by atoms with Crippen LogP contribution in [0.3, 0.4) is 0 Å². The average molecular weight is 780 g/mol. The van der Waals surface area contributed by atoms with E-state index in [2.05, 4.69) is 4.72 Å². The van der Waals surface area contributed by atoms with Gasteiger partial charge in [-0.3, -0.25) is 23.9 Å². The van der Waals surface area contributed by atoms with Gasteiger partial charge in [-0.25, -0.2) is 13.4 Å². The summed E-state index contributed by atoms with van der Waals surface area (Å²) in [6.07, 6.45) is 12.6. The third-order valence-corrected chi connectivity index (χ3v) is 15.6. The number of aromatic nitrogens is 1. The highest BCUT2D eigenvalue weighted by atomic mass is 35.5. The van der Waals surface area contributed by atoms with E-state index in [4.69, 9.17) is 26.1 Å². The number of allylic oxidation sites excluding steroid dienone is 2. The monoisotopic (exact) mass is 779 g/mol. The van der Waals surface area contributed by atoms with Crippen molar-refractivity contribution in [2.45, 2.75) is 139 Å². The lowest BCUT2D eigenvalue weighted by Crippen LogP contribution is -2.48. The van der Waals surface area contributed by atoms with Gasteiger partial charge in [0.15, 0.2) is 5.78 Å². The molecule has 290 valence electrons. The SMILES string of the molecule is Cc1nc2cc(Cl)ccc2c2c1O[C@]1(CC2)C[C@H]2C(=O)C[C@]3(C(=O)NS(=O)(=O)C4(C)CC4)C[C@H]3/C=C\CCCCC[C@H](CC(=O)OC3CCC3)C(=O)N2C1. The number of rotatable bonds is 6.